The van der Waals surface area contributed by atoms with Crippen molar-refractivity contribution in [3.8, 4) is 46.4 Å². The largest absolute Gasteiger partial charge is 0.497 e. The zero-order valence-corrected chi connectivity index (χ0v) is 54.9. The highest BCUT2D eigenvalue weighted by Crippen LogP contribution is 2.66. The number of phosphoric acid groups is 3. The summed E-state index contributed by atoms with van der Waals surface area (Å²) in [5, 5.41) is 43.6. The van der Waals surface area contributed by atoms with E-state index < -0.39 is 130 Å². The van der Waals surface area contributed by atoms with Crippen molar-refractivity contribution in [3.05, 3.63) is 105 Å². The van der Waals surface area contributed by atoms with Crippen molar-refractivity contribution in [2.24, 2.45) is 0 Å². The molecule has 3 aliphatic rings. The number of amides is 3. The lowest BCUT2D eigenvalue weighted by molar-refractivity contribution is -0.121. The molecule has 3 amide bonds. The smallest absolute Gasteiger partial charge is 0.490 e. The van der Waals surface area contributed by atoms with E-state index in [-0.39, 0.29) is 129 Å². The summed E-state index contributed by atoms with van der Waals surface area (Å²) in [6.45, 7) is -0.710. The molecule has 0 bridgehead atoms. The lowest BCUT2D eigenvalue weighted by Gasteiger charge is -2.20. The SMILES string of the molecule is N#C/C=C/OC1C[C@H](n2cc(C#CCNC(=O)OCCO/C=C(\C#N)CCOCCOCCNC(=O)CCCCCNC(=O)c3ccc(-c4c5ccc(=N)c(S(=O)(=O)O)c-5oc5c(S(=O)(=O)O)c(N)ccc45)c(C(=O)O)c3)c(N)nc2=O)O[C@@H]1COP(=O)(O)OP(=O)(O)OP(=O)(O)O. The van der Waals surface area contributed by atoms with Gasteiger partial charge in [-0.15, -0.1) is 0 Å². The Labute approximate surface area is 554 Å². The predicted octanol–water partition coefficient (Wildman–Crippen LogP) is 2.68. The second kappa shape index (κ2) is 35.0. The highest BCUT2D eigenvalue weighted by atomic mass is 32.2. The van der Waals surface area contributed by atoms with Crippen LogP contribution in [0.5, 0.6) is 0 Å². The number of rotatable bonds is 35. The molecule has 1 aliphatic carbocycles. The van der Waals surface area contributed by atoms with E-state index in [1.165, 1.54) is 30.5 Å². The molecule has 15 N–H and O–H groups in total. The maximum absolute atomic E-state index is 13.2. The van der Waals surface area contributed by atoms with Crippen molar-refractivity contribution >= 4 is 90.1 Å². The molecule has 1 fully saturated rings. The van der Waals surface area contributed by atoms with E-state index in [1.807, 2.05) is 6.07 Å². The van der Waals surface area contributed by atoms with Gasteiger partial charge in [0.1, 0.15) is 37.5 Å². The molecule has 0 saturated carbocycles. The van der Waals surface area contributed by atoms with Gasteiger partial charge in [-0.2, -0.15) is 41.0 Å². The summed E-state index contributed by atoms with van der Waals surface area (Å²) in [7, 11) is -27.6. The average Bonchev–Trinajstić information content (AvgIpc) is 0.799. The number of nitrogens with zero attached hydrogens (tertiary/aromatic N) is 4. The number of anilines is 2. The van der Waals surface area contributed by atoms with Gasteiger partial charge in [-0.05, 0) is 54.8 Å². The van der Waals surface area contributed by atoms with Gasteiger partial charge in [0.2, 0.25) is 5.91 Å². The quantitative estimate of drug-likeness (QED) is 0.00405. The van der Waals surface area contributed by atoms with E-state index in [4.69, 9.17) is 64.8 Å². The van der Waals surface area contributed by atoms with Gasteiger partial charge in [-0.25, -0.2) is 28.1 Å². The minimum absolute atomic E-state index is 0.0365. The Kier molecular flexibility index (Phi) is 27.9. The first-order valence-corrected chi connectivity index (χ1v) is 35.6. The van der Waals surface area contributed by atoms with Crippen LogP contribution in [-0.4, -0.2) is 162 Å². The summed E-state index contributed by atoms with van der Waals surface area (Å²) in [5.74, 6) is 1.60. The number of nitrogens with one attached hydrogen (secondary N) is 4. The highest BCUT2D eigenvalue weighted by Gasteiger charge is 2.44. The number of carboxylic acids is 1. The number of nitrogens with two attached hydrogens (primary N) is 2. The molecule has 528 valence electrons. The van der Waals surface area contributed by atoms with Crippen molar-refractivity contribution in [2.45, 2.75) is 66.8 Å². The molecule has 39 nitrogen and oxygen atoms in total. The zero-order chi connectivity index (χ0) is 72.2. The van der Waals surface area contributed by atoms with Crippen LogP contribution in [0.3, 0.4) is 0 Å². The zero-order valence-electron chi connectivity index (χ0n) is 50.6. The normalized spacial score (nSPS) is 16.2. The number of carbonyl (C=O) groups is 4. The fraction of sp³-hybridized carbons (Fsp3) is 0.352. The number of alkyl carbamates (subject to hydrolysis) is 1. The lowest BCUT2D eigenvalue weighted by atomic mass is 9.89. The minimum Gasteiger partial charge on any atom is -0.497 e. The number of carboxylic acid groups (broad SMARTS) is 1. The predicted molar refractivity (Wildman–Crippen MR) is 332 cm³/mol. The molecule has 0 spiro atoms. The van der Waals surface area contributed by atoms with E-state index in [9.17, 15) is 83.8 Å². The number of hydrogen-bond acceptors (Lipinski definition) is 28. The van der Waals surface area contributed by atoms with Gasteiger partial charge in [0.15, 0.2) is 21.1 Å². The van der Waals surface area contributed by atoms with Gasteiger partial charge in [-0.3, -0.25) is 33.2 Å². The number of carbonyl (C=O) groups excluding carboxylic acids is 3. The van der Waals surface area contributed by atoms with Crippen LogP contribution in [0, 0.1) is 39.9 Å². The van der Waals surface area contributed by atoms with Gasteiger partial charge >= 0.3 is 41.2 Å². The molecule has 0 radical (unpaired) electrons. The van der Waals surface area contributed by atoms with Crippen LogP contribution in [-0.2, 0) is 80.3 Å². The van der Waals surface area contributed by atoms with Crippen molar-refractivity contribution < 1.29 is 129 Å². The molecule has 1 saturated heterocycles. The monoisotopic (exact) mass is 1470 g/mol. The molecule has 5 atom stereocenters. The number of aromatic nitrogens is 2. The summed E-state index contributed by atoms with van der Waals surface area (Å²) in [4.78, 5) is 102. The molecule has 3 aromatic rings. The number of ether oxygens (including phenoxy) is 6. The third-order valence-corrected chi connectivity index (χ3v) is 18.8. The third kappa shape index (κ3) is 23.1. The van der Waals surface area contributed by atoms with Gasteiger partial charge in [-0.1, -0.05) is 24.3 Å². The maximum Gasteiger partial charge on any atom is 0.490 e. The Balaban J connectivity index is 0.834. The van der Waals surface area contributed by atoms with E-state index >= 15 is 0 Å². The number of nitriles is 2. The number of aromatic carboxylic acids is 1. The van der Waals surface area contributed by atoms with E-state index in [1.54, 1.807) is 6.07 Å². The first kappa shape index (κ1) is 78.0. The number of unbranched alkanes of at least 4 members (excludes halogenated alkanes) is 2. The first-order chi connectivity index (χ1) is 46.1. The molecular weight excluding hydrogens is 1410 g/mol. The van der Waals surface area contributed by atoms with Crippen molar-refractivity contribution in [3.63, 3.8) is 0 Å². The molecule has 44 heteroatoms. The summed E-state index contributed by atoms with van der Waals surface area (Å²) in [5.41, 5.74) is 8.52. The van der Waals surface area contributed by atoms with Crippen LogP contribution in [0.25, 0.3) is 33.4 Å². The van der Waals surface area contributed by atoms with Crippen molar-refractivity contribution in [1.82, 2.24) is 25.5 Å². The molecule has 3 heterocycles. The summed E-state index contributed by atoms with van der Waals surface area (Å²) in [6, 6.07) is 11.6. The average molecular weight is 1470 g/mol. The summed E-state index contributed by atoms with van der Waals surface area (Å²) < 4.78 is 156. The van der Waals surface area contributed by atoms with E-state index in [0.29, 0.717) is 19.3 Å². The Bertz CT molecular complexity index is 4520. The lowest BCUT2D eigenvalue weighted by Crippen LogP contribution is -2.29. The van der Waals surface area contributed by atoms with Crippen LogP contribution < -0.4 is 38.5 Å². The van der Waals surface area contributed by atoms with Crippen LogP contribution in [0.2, 0.25) is 0 Å². The maximum atomic E-state index is 13.2. The van der Waals surface area contributed by atoms with Crippen LogP contribution in [0.1, 0.15) is 71.0 Å². The van der Waals surface area contributed by atoms with E-state index in [2.05, 4.69) is 45.9 Å². The van der Waals surface area contributed by atoms with Gasteiger partial charge in [0, 0.05) is 60.6 Å². The van der Waals surface area contributed by atoms with E-state index in [0.717, 1.165) is 41.3 Å². The Hall–Kier alpha value is -8.98. The molecule has 98 heavy (non-hydrogen) atoms. The molecule has 1 aromatic heterocycles. The molecule has 2 aliphatic heterocycles. The highest BCUT2D eigenvalue weighted by molar-refractivity contribution is 7.86. The number of benzene rings is 3. The van der Waals surface area contributed by atoms with Gasteiger partial charge in [0.05, 0.1) is 98.1 Å². The minimum atomic E-state index is -5.85. The molecule has 2 aromatic carbocycles. The first-order valence-electron chi connectivity index (χ1n) is 28.2. The number of fused-ring (bicyclic) bond motifs is 2. The topological polar surface area (TPSA) is 620 Å². The molecule has 6 rings (SSSR count). The van der Waals surface area contributed by atoms with Crippen molar-refractivity contribution in [2.75, 3.05) is 77.3 Å². The Morgan fingerprint density at radius 1 is 0.837 bits per heavy atom. The standard InChI is InChI=1S/C54H61N10O29P3S2/c55-15-5-19-87-41-27-44(90-42(41)31-89-95(74,75)93-96(76,77)92-94(71,72)73)64-29-34(50(59)63-53(64)69)6-4-17-62-54(70)88-25-24-86-30-32(28-56)14-20-84-22-23-85-21-18-60-43(65)7-2-1-3-16-61-51(66)33-8-9-35(38(26-33)52(67)68)45-36-10-12-39(57)48(97(78,79)80)46(36)91-47-37(45)11-13-40(58)49(47)98(81,82)83/h5,8-13,19,26,29-30,41-42,44,57H,1-3,7,14,16-18,20-25,27,31,58H2,(H,60,65)(H,61,66)(H,62,70)(H,67,68)(H,74,75)(H,76,77)(H2,59,63,69)(H2,71,72,73)(H,78,79,80)(H,81,82,83)/b19-5+,32-30-,57-39?/t41?,42-,44-/m1/s1. The number of allylic oxidation sites excluding steroid dienone is 1. The summed E-state index contributed by atoms with van der Waals surface area (Å²) >= 11 is 0. The Morgan fingerprint density at radius 2 is 1.55 bits per heavy atom. The van der Waals surface area contributed by atoms with Crippen LogP contribution in [0.15, 0.2) is 91.8 Å². The third-order valence-electron chi connectivity index (χ3n) is 13.2. The summed E-state index contributed by atoms with van der Waals surface area (Å²) in [6.07, 6.45) is 0.956. The second-order valence-corrected chi connectivity index (χ2v) is 27.2. The van der Waals surface area contributed by atoms with Gasteiger partial charge < -0.3 is 84.9 Å². The molecular formula is C54H61N10O29P3S2. The number of phosphoric ester groups is 1. The Morgan fingerprint density at radius 3 is 2.23 bits per heavy atom. The van der Waals surface area contributed by atoms with Crippen LogP contribution >= 0.6 is 23.5 Å². The number of hydrogen-bond donors (Lipinski definition) is 13. The van der Waals surface area contributed by atoms with Crippen molar-refractivity contribution in [1.29, 1.82) is 15.9 Å². The number of nitrogen functional groups attached to an aromatic ring is 2. The fourth-order valence-corrected chi connectivity index (χ4v) is 13.5. The van der Waals surface area contributed by atoms with Crippen LogP contribution in [0.4, 0.5) is 16.3 Å². The second-order valence-electron chi connectivity index (χ2n) is 20.1. The fourth-order valence-electron chi connectivity index (χ4n) is 9.00. The molecule has 3 unspecified atom stereocenters. The van der Waals surface area contributed by atoms with Gasteiger partial charge in [0.25, 0.3) is 26.1 Å².